The van der Waals surface area contributed by atoms with E-state index in [0.29, 0.717) is 28.9 Å². The SMILES string of the molecule is CC(=O)NC12[C](Oc3cc(C(C)C)ccc31)c1ccccc1C2=O. The molecule has 24 heavy (non-hydrogen) atoms. The highest BCUT2D eigenvalue weighted by Crippen LogP contribution is 2.55. The van der Waals surface area contributed by atoms with Crippen molar-refractivity contribution in [3.8, 4) is 5.75 Å². The van der Waals surface area contributed by atoms with Crippen LogP contribution < -0.4 is 10.1 Å². The minimum Gasteiger partial charge on any atom is -0.474 e. The van der Waals surface area contributed by atoms with E-state index in [4.69, 9.17) is 4.74 Å². The van der Waals surface area contributed by atoms with E-state index in [9.17, 15) is 9.59 Å². The van der Waals surface area contributed by atoms with Crippen LogP contribution in [0.15, 0.2) is 42.5 Å². The molecular weight excluding hydrogens is 302 g/mol. The number of fused-ring (bicyclic) bond motifs is 5. The van der Waals surface area contributed by atoms with Crippen molar-refractivity contribution in [2.75, 3.05) is 0 Å². The molecular formula is C20H18NO3. The Labute approximate surface area is 140 Å². The van der Waals surface area contributed by atoms with Crippen molar-refractivity contribution in [3.05, 3.63) is 70.8 Å². The fourth-order valence-electron chi connectivity index (χ4n) is 3.61. The molecule has 1 aliphatic carbocycles. The van der Waals surface area contributed by atoms with Crippen LogP contribution in [-0.4, -0.2) is 11.7 Å². The van der Waals surface area contributed by atoms with Crippen molar-refractivity contribution in [3.63, 3.8) is 0 Å². The van der Waals surface area contributed by atoms with E-state index in [1.807, 2.05) is 36.4 Å². The monoisotopic (exact) mass is 320 g/mol. The molecule has 0 saturated carbocycles. The molecule has 0 bridgehead atoms. The number of ether oxygens (including phenoxy) is 1. The van der Waals surface area contributed by atoms with Gasteiger partial charge in [-0.05, 0) is 17.5 Å². The zero-order valence-electron chi connectivity index (χ0n) is 13.8. The van der Waals surface area contributed by atoms with Crippen LogP contribution in [0.25, 0.3) is 0 Å². The lowest BCUT2D eigenvalue weighted by Crippen LogP contribution is -2.50. The molecule has 0 saturated heterocycles. The highest BCUT2D eigenvalue weighted by molar-refractivity contribution is 6.14. The lowest BCUT2D eigenvalue weighted by Gasteiger charge is -2.26. The minimum absolute atomic E-state index is 0.139. The average molecular weight is 320 g/mol. The number of Topliss-reactive ketones (excluding diaryl/α,β-unsaturated/α-hetero) is 1. The normalized spacial score (nSPS) is 21.2. The molecule has 1 aliphatic heterocycles. The van der Waals surface area contributed by atoms with Gasteiger partial charge in [0.25, 0.3) is 0 Å². The fourth-order valence-corrected chi connectivity index (χ4v) is 3.61. The summed E-state index contributed by atoms with van der Waals surface area (Å²) in [6.45, 7) is 5.63. The number of rotatable bonds is 2. The zero-order chi connectivity index (χ0) is 17.1. The summed E-state index contributed by atoms with van der Waals surface area (Å²) in [5.74, 6) is 0.592. The summed E-state index contributed by atoms with van der Waals surface area (Å²) in [6.07, 6.45) is 0.509. The van der Waals surface area contributed by atoms with Gasteiger partial charge in [0.2, 0.25) is 12.0 Å². The standard InChI is InChI=1S/C20H18NO3/c1-11(2)13-8-9-16-17(10-13)24-19-15-7-5-4-6-14(15)18(23)20(16,19)21-12(3)22/h4-11H,1-3H3,(H,21,22). The van der Waals surface area contributed by atoms with Gasteiger partial charge >= 0.3 is 0 Å². The maximum atomic E-state index is 13.2. The molecule has 121 valence electrons. The molecule has 0 aromatic heterocycles. The molecule has 2 aromatic carbocycles. The third-order valence-electron chi connectivity index (χ3n) is 4.75. The molecule has 4 rings (SSSR count). The van der Waals surface area contributed by atoms with Crippen LogP contribution >= 0.6 is 0 Å². The Morgan fingerprint density at radius 3 is 2.50 bits per heavy atom. The van der Waals surface area contributed by atoms with E-state index in [0.717, 1.165) is 11.1 Å². The van der Waals surface area contributed by atoms with Crippen molar-refractivity contribution < 1.29 is 14.3 Å². The Hall–Kier alpha value is -2.62. The predicted octanol–water partition coefficient (Wildman–Crippen LogP) is 3.31. The van der Waals surface area contributed by atoms with Crippen molar-refractivity contribution in [1.82, 2.24) is 5.32 Å². The summed E-state index contributed by atoms with van der Waals surface area (Å²) in [7, 11) is 0. The van der Waals surface area contributed by atoms with E-state index in [1.54, 1.807) is 6.07 Å². The van der Waals surface area contributed by atoms with E-state index >= 15 is 0 Å². The van der Waals surface area contributed by atoms with Gasteiger partial charge in [0.15, 0.2) is 11.3 Å². The zero-order valence-corrected chi connectivity index (χ0v) is 13.8. The van der Waals surface area contributed by atoms with E-state index in [1.165, 1.54) is 6.92 Å². The van der Waals surface area contributed by atoms with Crippen LogP contribution in [0.4, 0.5) is 0 Å². The first-order valence-corrected chi connectivity index (χ1v) is 8.08. The average Bonchev–Trinajstić information content (AvgIpc) is 2.98. The smallest absolute Gasteiger partial charge is 0.218 e. The Bertz CT molecular complexity index is 871. The van der Waals surface area contributed by atoms with Crippen LogP contribution in [-0.2, 0) is 10.3 Å². The lowest BCUT2D eigenvalue weighted by molar-refractivity contribution is -0.120. The second-order valence-electron chi connectivity index (χ2n) is 6.65. The molecule has 4 nitrogen and oxygen atoms in total. The second kappa shape index (κ2) is 4.94. The van der Waals surface area contributed by atoms with Crippen LogP contribution in [0.2, 0.25) is 0 Å². The molecule has 0 spiro atoms. The molecule has 1 N–H and O–H groups in total. The Balaban J connectivity index is 1.94. The lowest BCUT2D eigenvalue weighted by atomic mass is 9.84. The molecule has 1 heterocycles. The number of hydrogen-bond donors (Lipinski definition) is 1. The number of carbonyl (C=O) groups is 2. The van der Waals surface area contributed by atoms with Crippen LogP contribution in [0.1, 0.15) is 53.7 Å². The quantitative estimate of drug-likeness (QED) is 0.923. The van der Waals surface area contributed by atoms with Crippen molar-refractivity contribution in [1.29, 1.82) is 0 Å². The van der Waals surface area contributed by atoms with Gasteiger partial charge in [-0.2, -0.15) is 0 Å². The van der Waals surface area contributed by atoms with Gasteiger partial charge in [0.1, 0.15) is 5.75 Å². The summed E-state index contributed by atoms with van der Waals surface area (Å²) >= 11 is 0. The van der Waals surface area contributed by atoms with Crippen LogP contribution in [0.5, 0.6) is 5.75 Å². The Morgan fingerprint density at radius 2 is 1.83 bits per heavy atom. The number of nitrogens with one attached hydrogen (secondary N) is 1. The third-order valence-corrected chi connectivity index (χ3v) is 4.75. The first-order chi connectivity index (χ1) is 11.4. The van der Waals surface area contributed by atoms with Gasteiger partial charge < -0.3 is 10.1 Å². The van der Waals surface area contributed by atoms with Gasteiger partial charge in [-0.1, -0.05) is 50.2 Å². The van der Waals surface area contributed by atoms with Crippen molar-refractivity contribution in [2.45, 2.75) is 32.2 Å². The van der Waals surface area contributed by atoms with E-state index in [2.05, 4.69) is 19.2 Å². The van der Waals surface area contributed by atoms with Gasteiger partial charge in [-0.15, -0.1) is 0 Å². The maximum absolute atomic E-state index is 13.2. The highest BCUT2D eigenvalue weighted by atomic mass is 16.5. The number of carbonyl (C=O) groups excluding carboxylic acids is 2. The number of hydrogen-bond acceptors (Lipinski definition) is 3. The first-order valence-electron chi connectivity index (χ1n) is 8.08. The Morgan fingerprint density at radius 1 is 1.12 bits per heavy atom. The molecule has 1 unspecified atom stereocenters. The molecule has 4 heteroatoms. The summed E-state index contributed by atoms with van der Waals surface area (Å²) in [4.78, 5) is 25.1. The number of ketones is 1. The predicted molar refractivity (Wildman–Crippen MR) is 89.8 cm³/mol. The summed E-state index contributed by atoms with van der Waals surface area (Å²) in [5, 5.41) is 2.87. The summed E-state index contributed by atoms with van der Waals surface area (Å²) in [6, 6.07) is 13.2. The molecule has 1 radical (unpaired) electrons. The third kappa shape index (κ3) is 1.80. The van der Waals surface area contributed by atoms with E-state index < -0.39 is 5.54 Å². The van der Waals surface area contributed by atoms with Crippen molar-refractivity contribution >= 4 is 11.7 Å². The molecule has 0 fully saturated rings. The summed E-state index contributed by atoms with van der Waals surface area (Å²) < 4.78 is 6.10. The second-order valence-corrected chi connectivity index (χ2v) is 6.65. The molecule has 1 amide bonds. The summed E-state index contributed by atoms with van der Waals surface area (Å²) in [5.41, 5.74) is 1.94. The molecule has 2 aromatic rings. The van der Waals surface area contributed by atoms with Crippen LogP contribution in [0.3, 0.4) is 0 Å². The number of amides is 1. The largest absolute Gasteiger partial charge is 0.474 e. The van der Waals surface area contributed by atoms with Crippen LogP contribution in [0, 0.1) is 6.10 Å². The van der Waals surface area contributed by atoms with Crippen molar-refractivity contribution in [2.24, 2.45) is 0 Å². The first kappa shape index (κ1) is 14.9. The minimum atomic E-state index is -1.24. The van der Waals surface area contributed by atoms with Gasteiger partial charge in [-0.25, -0.2) is 0 Å². The van der Waals surface area contributed by atoms with E-state index in [-0.39, 0.29) is 11.7 Å². The molecule has 2 aliphatic rings. The maximum Gasteiger partial charge on any atom is 0.218 e. The van der Waals surface area contributed by atoms with Gasteiger partial charge in [0.05, 0.1) is 0 Å². The fraction of sp³-hybridized carbons (Fsp3) is 0.250. The Kier molecular flexibility index (Phi) is 3.07. The topological polar surface area (TPSA) is 55.4 Å². The molecule has 1 atom stereocenters. The van der Waals surface area contributed by atoms with Gasteiger partial charge in [-0.3, -0.25) is 9.59 Å². The van der Waals surface area contributed by atoms with Gasteiger partial charge in [0, 0.05) is 23.6 Å². The number of benzene rings is 2. The highest BCUT2D eigenvalue weighted by Gasteiger charge is 2.62.